The summed E-state index contributed by atoms with van der Waals surface area (Å²) in [5.41, 5.74) is 3.02. The van der Waals surface area contributed by atoms with Crippen LogP contribution in [-0.2, 0) is 4.74 Å². The number of anilines is 1. The largest absolute Gasteiger partial charge is 0.377 e. The van der Waals surface area contributed by atoms with Crippen molar-refractivity contribution < 1.29 is 4.74 Å². The summed E-state index contributed by atoms with van der Waals surface area (Å²) in [5, 5.41) is 9.20. The quantitative estimate of drug-likeness (QED) is 0.820. The molecule has 0 bridgehead atoms. The van der Waals surface area contributed by atoms with Crippen LogP contribution in [-0.4, -0.2) is 25.8 Å². The Kier molecular flexibility index (Phi) is 4.22. The van der Waals surface area contributed by atoms with E-state index in [4.69, 9.17) is 4.74 Å². The molecule has 0 aromatic heterocycles. The average Bonchev–Trinajstić information content (AvgIpc) is 2.39. The molecule has 0 spiro atoms. The highest BCUT2D eigenvalue weighted by Gasteiger charge is 2.22. The molecule has 0 radical (unpaired) electrons. The van der Waals surface area contributed by atoms with Gasteiger partial charge in [0.1, 0.15) is 6.07 Å². The van der Waals surface area contributed by atoms with Crippen LogP contribution >= 0.6 is 0 Å². The zero-order chi connectivity index (χ0) is 13.0. The third-order valence-electron chi connectivity index (χ3n) is 3.39. The molecule has 0 aliphatic carbocycles. The molecule has 18 heavy (non-hydrogen) atoms. The molecular formula is C15H20N2O. The number of ether oxygens (including phenoxy) is 1. The minimum absolute atomic E-state index is 0.302. The first-order valence-corrected chi connectivity index (χ1v) is 6.62. The van der Waals surface area contributed by atoms with E-state index in [1.165, 1.54) is 5.56 Å². The molecule has 1 unspecified atom stereocenters. The molecule has 1 fully saturated rings. The number of hydrogen-bond acceptors (Lipinski definition) is 3. The third kappa shape index (κ3) is 2.83. The van der Waals surface area contributed by atoms with Gasteiger partial charge in [-0.25, -0.2) is 0 Å². The second kappa shape index (κ2) is 5.88. The lowest BCUT2D eigenvalue weighted by molar-refractivity contribution is 0.0526. The van der Waals surface area contributed by atoms with E-state index in [0.29, 0.717) is 6.10 Å². The Hall–Kier alpha value is -1.53. The maximum absolute atomic E-state index is 9.20. The smallest absolute Gasteiger partial charge is 0.101 e. The second-order valence-electron chi connectivity index (χ2n) is 4.80. The number of rotatable bonds is 3. The minimum Gasteiger partial charge on any atom is -0.377 e. The molecule has 3 nitrogen and oxygen atoms in total. The summed E-state index contributed by atoms with van der Waals surface area (Å²) < 4.78 is 5.71. The summed E-state index contributed by atoms with van der Waals surface area (Å²) in [6.45, 7) is 6.77. The number of hydrogen-bond donors (Lipinski definition) is 0. The van der Waals surface area contributed by atoms with Crippen molar-refractivity contribution >= 4 is 5.69 Å². The molecule has 1 aromatic rings. The first-order valence-electron chi connectivity index (χ1n) is 6.62. The van der Waals surface area contributed by atoms with Gasteiger partial charge >= 0.3 is 0 Å². The first-order chi connectivity index (χ1) is 8.74. The molecule has 1 aliphatic heterocycles. The Morgan fingerprint density at radius 3 is 3.06 bits per heavy atom. The Balaban J connectivity index is 2.20. The van der Waals surface area contributed by atoms with Crippen LogP contribution in [0.15, 0.2) is 18.2 Å². The zero-order valence-corrected chi connectivity index (χ0v) is 11.1. The van der Waals surface area contributed by atoms with E-state index in [-0.39, 0.29) is 0 Å². The van der Waals surface area contributed by atoms with E-state index in [2.05, 4.69) is 24.0 Å². The van der Waals surface area contributed by atoms with Gasteiger partial charge in [-0.3, -0.25) is 0 Å². The maximum Gasteiger partial charge on any atom is 0.101 e. The van der Waals surface area contributed by atoms with Gasteiger partial charge in [-0.15, -0.1) is 0 Å². The molecular weight excluding hydrogens is 224 g/mol. The van der Waals surface area contributed by atoms with Gasteiger partial charge in [-0.1, -0.05) is 6.07 Å². The predicted octanol–water partition coefficient (Wildman–Crippen LogP) is 2.87. The Morgan fingerprint density at radius 2 is 2.33 bits per heavy atom. The summed E-state index contributed by atoms with van der Waals surface area (Å²) in [6.07, 6.45) is 2.55. The summed E-state index contributed by atoms with van der Waals surface area (Å²) in [4.78, 5) is 2.29. The molecule has 0 saturated carbocycles. The Morgan fingerprint density at radius 1 is 1.50 bits per heavy atom. The van der Waals surface area contributed by atoms with Crippen LogP contribution in [0.4, 0.5) is 5.69 Å². The number of nitriles is 1. The molecule has 96 valence electrons. The van der Waals surface area contributed by atoms with E-state index >= 15 is 0 Å². The van der Waals surface area contributed by atoms with Crippen molar-refractivity contribution in [2.45, 2.75) is 32.8 Å². The second-order valence-corrected chi connectivity index (χ2v) is 4.80. The fraction of sp³-hybridized carbons (Fsp3) is 0.533. The van der Waals surface area contributed by atoms with Crippen molar-refractivity contribution in [3.05, 3.63) is 29.3 Å². The molecule has 3 heteroatoms. The first kappa shape index (κ1) is 12.9. The highest BCUT2D eigenvalue weighted by molar-refractivity contribution is 5.61. The van der Waals surface area contributed by atoms with Gasteiger partial charge in [0.2, 0.25) is 0 Å². The van der Waals surface area contributed by atoms with Crippen molar-refractivity contribution in [2.24, 2.45) is 0 Å². The van der Waals surface area contributed by atoms with Crippen LogP contribution in [0.3, 0.4) is 0 Å². The standard InChI is InChI=1S/C15H20N2O/c1-3-18-14-5-4-8-17(11-14)15-9-12(2)6-7-13(15)10-16/h6-7,9,14H,3-5,8,11H2,1-2H3. The van der Waals surface area contributed by atoms with E-state index in [1.54, 1.807) is 0 Å². The van der Waals surface area contributed by atoms with Gasteiger partial charge < -0.3 is 9.64 Å². The average molecular weight is 244 g/mol. The summed E-state index contributed by atoms with van der Waals surface area (Å²) >= 11 is 0. The Bertz CT molecular complexity index is 448. The van der Waals surface area contributed by atoms with Crippen LogP contribution in [0.2, 0.25) is 0 Å². The maximum atomic E-state index is 9.20. The lowest BCUT2D eigenvalue weighted by Gasteiger charge is -2.34. The summed E-state index contributed by atoms with van der Waals surface area (Å²) in [5.74, 6) is 0. The molecule has 0 amide bonds. The van der Waals surface area contributed by atoms with Crippen LogP contribution < -0.4 is 4.90 Å². The van der Waals surface area contributed by atoms with Crippen molar-refractivity contribution in [2.75, 3.05) is 24.6 Å². The normalized spacial score (nSPS) is 19.6. The highest BCUT2D eigenvalue weighted by atomic mass is 16.5. The van der Waals surface area contributed by atoms with Gasteiger partial charge in [-0.05, 0) is 44.4 Å². The fourth-order valence-corrected chi connectivity index (χ4v) is 2.53. The molecule has 1 aliphatic rings. The zero-order valence-electron chi connectivity index (χ0n) is 11.1. The van der Waals surface area contributed by atoms with Gasteiger partial charge in [0.15, 0.2) is 0 Å². The van der Waals surface area contributed by atoms with Crippen molar-refractivity contribution in [1.29, 1.82) is 5.26 Å². The van der Waals surface area contributed by atoms with E-state index < -0.39 is 0 Å². The molecule has 0 N–H and O–H groups in total. The topological polar surface area (TPSA) is 36.3 Å². The van der Waals surface area contributed by atoms with Crippen LogP contribution in [0.25, 0.3) is 0 Å². The minimum atomic E-state index is 0.302. The molecule has 1 atom stereocenters. The van der Waals surface area contributed by atoms with Crippen molar-refractivity contribution in [3.63, 3.8) is 0 Å². The third-order valence-corrected chi connectivity index (χ3v) is 3.39. The molecule has 1 heterocycles. The lowest BCUT2D eigenvalue weighted by atomic mass is 10.0. The van der Waals surface area contributed by atoms with Gasteiger partial charge in [0, 0.05) is 19.7 Å². The summed E-state index contributed by atoms with van der Waals surface area (Å²) in [7, 11) is 0. The predicted molar refractivity (Wildman–Crippen MR) is 72.8 cm³/mol. The van der Waals surface area contributed by atoms with E-state index in [1.807, 2.05) is 19.1 Å². The number of nitrogens with zero attached hydrogens (tertiary/aromatic N) is 2. The fourth-order valence-electron chi connectivity index (χ4n) is 2.53. The van der Waals surface area contributed by atoms with Gasteiger partial charge in [0.25, 0.3) is 0 Å². The van der Waals surface area contributed by atoms with Crippen LogP contribution in [0.1, 0.15) is 30.9 Å². The number of benzene rings is 1. The van der Waals surface area contributed by atoms with E-state index in [9.17, 15) is 5.26 Å². The van der Waals surface area contributed by atoms with Crippen molar-refractivity contribution in [1.82, 2.24) is 0 Å². The number of aryl methyl sites for hydroxylation is 1. The lowest BCUT2D eigenvalue weighted by Crippen LogP contribution is -2.40. The number of piperidine rings is 1. The monoisotopic (exact) mass is 244 g/mol. The summed E-state index contributed by atoms with van der Waals surface area (Å²) in [6, 6.07) is 8.29. The van der Waals surface area contributed by atoms with E-state index in [0.717, 1.165) is 43.8 Å². The van der Waals surface area contributed by atoms with Crippen LogP contribution in [0.5, 0.6) is 0 Å². The molecule has 1 saturated heterocycles. The van der Waals surface area contributed by atoms with Crippen LogP contribution in [0, 0.1) is 18.3 Å². The van der Waals surface area contributed by atoms with Crippen molar-refractivity contribution in [3.8, 4) is 6.07 Å². The highest BCUT2D eigenvalue weighted by Crippen LogP contribution is 2.25. The molecule has 1 aromatic carbocycles. The Labute approximate surface area is 109 Å². The van der Waals surface area contributed by atoms with Gasteiger partial charge in [0.05, 0.1) is 17.4 Å². The van der Waals surface area contributed by atoms with Gasteiger partial charge in [-0.2, -0.15) is 5.26 Å². The molecule has 2 rings (SSSR count). The SMILES string of the molecule is CCOC1CCCN(c2cc(C)ccc2C#N)C1.